The zero-order chi connectivity index (χ0) is 21.4. The number of hydrogen-bond acceptors (Lipinski definition) is 5. The number of nitrogens with zero attached hydrogens (tertiary/aromatic N) is 4. The Morgan fingerprint density at radius 3 is 2.65 bits per heavy atom. The van der Waals surface area contributed by atoms with Gasteiger partial charge in [0.1, 0.15) is 11.3 Å². The van der Waals surface area contributed by atoms with E-state index in [2.05, 4.69) is 15.1 Å². The summed E-state index contributed by atoms with van der Waals surface area (Å²) in [6, 6.07) is 5.51. The van der Waals surface area contributed by atoms with E-state index >= 15 is 0 Å². The molecule has 0 unspecified atom stereocenters. The third-order valence-electron chi connectivity index (χ3n) is 7.01. The Morgan fingerprint density at radius 1 is 1.13 bits per heavy atom. The SMILES string of the molecule is O=NCCC1CCN(C(=O)c2ccc3[nH]c(=O)c4cnc(C5CCCC5)n4c3c2)CC1. The van der Waals surface area contributed by atoms with E-state index in [-0.39, 0.29) is 11.5 Å². The molecule has 3 heterocycles. The van der Waals surface area contributed by atoms with E-state index in [0.717, 1.165) is 43.4 Å². The number of H-pyrrole nitrogens is 1. The first-order valence-corrected chi connectivity index (χ1v) is 11.3. The van der Waals surface area contributed by atoms with Crippen molar-refractivity contribution in [1.82, 2.24) is 19.3 Å². The number of imidazole rings is 1. The van der Waals surface area contributed by atoms with Crippen LogP contribution in [0.2, 0.25) is 0 Å². The average Bonchev–Trinajstić information content (AvgIpc) is 3.48. The Bertz CT molecular complexity index is 1180. The number of aromatic nitrogens is 3. The van der Waals surface area contributed by atoms with Crippen molar-refractivity contribution >= 4 is 22.5 Å². The number of hydrogen-bond donors (Lipinski definition) is 1. The molecule has 1 saturated carbocycles. The Labute approximate surface area is 179 Å². The number of nitroso groups, excluding NO2 is 1. The molecule has 31 heavy (non-hydrogen) atoms. The van der Waals surface area contributed by atoms with Crippen molar-refractivity contribution in [3.8, 4) is 0 Å². The summed E-state index contributed by atoms with van der Waals surface area (Å²) >= 11 is 0. The van der Waals surface area contributed by atoms with Crippen LogP contribution in [0.15, 0.2) is 34.4 Å². The van der Waals surface area contributed by atoms with Gasteiger partial charge < -0.3 is 9.88 Å². The van der Waals surface area contributed by atoms with Crippen LogP contribution in [0.5, 0.6) is 0 Å². The maximum Gasteiger partial charge on any atom is 0.274 e. The highest BCUT2D eigenvalue weighted by Crippen LogP contribution is 2.34. The minimum atomic E-state index is -0.157. The Balaban J connectivity index is 1.48. The van der Waals surface area contributed by atoms with Crippen LogP contribution in [-0.2, 0) is 0 Å². The second kappa shape index (κ2) is 8.24. The van der Waals surface area contributed by atoms with E-state index in [1.165, 1.54) is 12.8 Å². The molecule has 8 heteroatoms. The molecule has 1 aromatic carbocycles. The zero-order valence-electron chi connectivity index (χ0n) is 17.5. The molecule has 2 aliphatic rings. The van der Waals surface area contributed by atoms with Gasteiger partial charge in [-0.15, -0.1) is 0 Å². The molecule has 1 N–H and O–H groups in total. The van der Waals surface area contributed by atoms with Crippen molar-refractivity contribution in [3.05, 3.63) is 51.0 Å². The van der Waals surface area contributed by atoms with Crippen LogP contribution >= 0.6 is 0 Å². The normalized spacial score (nSPS) is 18.3. The van der Waals surface area contributed by atoms with Gasteiger partial charge in [-0.05, 0) is 56.2 Å². The number of likely N-dealkylation sites (tertiary alicyclic amines) is 1. The molecule has 2 fully saturated rings. The standard InChI is InChI=1S/C23H27N5O3/c29-22-20-14-24-21(16-3-1-2-4-16)28(20)19-13-17(5-6-18(19)26-22)23(30)27-11-8-15(9-12-27)7-10-25-31/h5-6,13-16H,1-4,7-12H2,(H,26,29). The highest BCUT2D eigenvalue weighted by Gasteiger charge is 2.26. The van der Waals surface area contributed by atoms with Crippen LogP contribution in [0.3, 0.4) is 0 Å². The van der Waals surface area contributed by atoms with Crippen LogP contribution in [0, 0.1) is 10.8 Å². The molecule has 2 aromatic heterocycles. The van der Waals surface area contributed by atoms with Crippen molar-refractivity contribution in [2.24, 2.45) is 11.1 Å². The summed E-state index contributed by atoms with van der Waals surface area (Å²) in [7, 11) is 0. The summed E-state index contributed by atoms with van der Waals surface area (Å²) < 4.78 is 1.96. The van der Waals surface area contributed by atoms with Crippen LogP contribution in [0.1, 0.15) is 67.0 Å². The second-order valence-electron chi connectivity index (χ2n) is 8.88. The van der Waals surface area contributed by atoms with Gasteiger partial charge in [0.05, 0.1) is 23.8 Å². The van der Waals surface area contributed by atoms with Gasteiger partial charge in [-0.2, -0.15) is 4.91 Å². The van der Waals surface area contributed by atoms with Gasteiger partial charge >= 0.3 is 0 Å². The molecule has 1 saturated heterocycles. The average molecular weight is 422 g/mol. The Morgan fingerprint density at radius 2 is 1.90 bits per heavy atom. The first kappa shape index (κ1) is 19.9. The monoisotopic (exact) mass is 421 g/mol. The van der Waals surface area contributed by atoms with Crippen molar-refractivity contribution in [2.45, 2.75) is 50.9 Å². The highest BCUT2D eigenvalue weighted by atomic mass is 16.3. The van der Waals surface area contributed by atoms with E-state index in [4.69, 9.17) is 0 Å². The van der Waals surface area contributed by atoms with Crippen molar-refractivity contribution in [2.75, 3.05) is 19.6 Å². The molecule has 8 nitrogen and oxygen atoms in total. The molecule has 1 aliphatic carbocycles. The number of carbonyl (C=O) groups is 1. The molecule has 162 valence electrons. The smallest absolute Gasteiger partial charge is 0.274 e. The zero-order valence-corrected chi connectivity index (χ0v) is 17.5. The molecule has 3 aromatic rings. The van der Waals surface area contributed by atoms with E-state index in [1.807, 2.05) is 21.4 Å². The van der Waals surface area contributed by atoms with Crippen molar-refractivity contribution in [1.29, 1.82) is 0 Å². The molecule has 1 aliphatic heterocycles. The van der Waals surface area contributed by atoms with E-state index in [0.29, 0.717) is 48.1 Å². The number of rotatable bonds is 5. The lowest BCUT2D eigenvalue weighted by Crippen LogP contribution is -2.38. The summed E-state index contributed by atoms with van der Waals surface area (Å²) in [6.07, 6.45) is 8.80. The summed E-state index contributed by atoms with van der Waals surface area (Å²) in [4.78, 5) is 45.6. The van der Waals surface area contributed by atoms with Gasteiger partial charge in [-0.25, -0.2) is 4.98 Å². The second-order valence-corrected chi connectivity index (χ2v) is 8.88. The molecule has 0 radical (unpaired) electrons. The summed E-state index contributed by atoms with van der Waals surface area (Å²) in [5.41, 5.74) is 2.54. The summed E-state index contributed by atoms with van der Waals surface area (Å²) in [5, 5.41) is 2.96. The number of piperidine rings is 1. The molecule has 0 spiro atoms. The lowest BCUT2D eigenvalue weighted by atomic mass is 9.93. The van der Waals surface area contributed by atoms with Crippen LogP contribution in [0.25, 0.3) is 16.6 Å². The fourth-order valence-corrected chi connectivity index (χ4v) is 5.24. The van der Waals surface area contributed by atoms with Crippen LogP contribution < -0.4 is 5.56 Å². The number of benzene rings is 1. The number of aromatic amines is 1. The first-order chi connectivity index (χ1) is 15.2. The molecule has 0 bridgehead atoms. The summed E-state index contributed by atoms with van der Waals surface area (Å²) in [6.45, 7) is 1.74. The quantitative estimate of drug-likeness (QED) is 0.633. The largest absolute Gasteiger partial charge is 0.339 e. The van der Waals surface area contributed by atoms with Gasteiger partial charge in [-0.3, -0.25) is 14.0 Å². The maximum absolute atomic E-state index is 13.2. The number of fused-ring (bicyclic) bond motifs is 3. The van der Waals surface area contributed by atoms with E-state index in [1.54, 1.807) is 12.3 Å². The molecular weight excluding hydrogens is 394 g/mol. The summed E-state index contributed by atoms with van der Waals surface area (Å²) in [5.74, 6) is 1.75. The third kappa shape index (κ3) is 3.64. The lowest BCUT2D eigenvalue weighted by Gasteiger charge is -2.31. The predicted octanol–water partition coefficient (Wildman–Crippen LogP) is 3.84. The molecular formula is C23H27N5O3. The van der Waals surface area contributed by atoms with Crippen LogP contribution in [0.4, 0.5) is 0 Å². The van der Waals surface area contributed by atoms with Gasteiger partial charge in [0.2, 0.25) is 0 Å². The number of nitrogens with one attached hydrogen (secondary N) is 1. The Hall–Kier alpha value is -3.03. The number of amides is 1. The topological polar surface area (TPSA) is 99.9 Å². The maximum atomic E-state index is 13.2. The fraction of sp³-hybridized carbons (Fsp3) is 0.522. The fourth-order valence-electron chi connectivity index (χ4n) is 5.24. The minimum absolute atomic E-state index is 0.00995. The van der Waals surface area contributed by atoms with Crippen LogP contribution in [-0.4, -0.2) is 44.8 Å². The molecule has 1 amide bonds. The highest BCUT2D eigenvalue weighted by molar-refractivity contribution is 5.97. The predicted molar refractivity (Wildman–Crippen MR) is 118 cm³/mol. The van der Waals surface area contributed by atoms with Crippen molar-refractivity contribution in [3.63, 3.8) is 0 Å². The van der Waals surface area contributed by atoms with Gasteiger partial charge in [0.15, 0.2) is 0 Å². The lowest BCUT2D eigenvalue weighted by molar-refractivity contribution is 0.0688. The van der Waals surface area contributed by atoms with Gasteiger partial charge in [0, 0.05) is 24.6 Å². The number of carbonyl (C=O) groups excluding carboxylic acids is 1. The van der Waals surface area contributed by atoms with Crippen molar-refractivity contribution < 1.29 is 4.79 Å². The third-order valence-corrected chi connectivity index (χ3v) is 7.01. The molecule has 5 rings (SSSR count). The first-order valence-electron chi connectivity index (χ1n) is 11.3. The van der Waals surface area contributed by atoms with Gasteiger partial charge in [0.25, 0.3) is 11.5 Å². The van der Waals surface area contributed by atoms with Gasteiger partial charge in [-0.1, -0.05) is 18.0 Å². The minimum Gasteiger partial charge on any atom is -0.339 e. The van der Waals surface area contributed by atoms with E-state index in [9.17, 15) is 14.5 Å². The Kier molecular flexibility index (Phi) is 5.29. The molecule has 0 atom stereocenters. The van der Waals surface area contributed by atoms with E-state index < -0.39 is 0 Å².